The highest BCUT2D eigenvalue weighted by Gasteiger charge is 2.42. The van der Waals surface area contributed by atoms with Crippen molar-refractivity contribution in [3.05, 3.63) is 35.0 Å². The average Bonchev–Trinajstić information content (AvgIpc) is 2.97. The number of hydrogen-bond donors (Lipinski definition) is 2. The maximum absolute atomic E-state index is 11.6. The lowest BCUT2D eigenvalue weighted by Crippen LogP contribution is -2.32. The Labute approximate surface area is 110 Å². The van der Waals surface area contributed by atoms with Gasteiger partial charge >= 0.3 is 5.97 Å². The Hall–Kier alpha value is -1.48. The van der Waals surface area contributed by atoms with Crippen LogP contribution in [0.2, 0.25) is 5.02 Å². The second kappa shape index (κ2) is 4.02. The second-order valence-corrected chi connectivity index (χ2v) is 5.40. The van der Waals surface area contributed by atoms with E-state index in [0.717, 1.165) is 42.1 Å². The van der Waals surface area contributed by atoms with E-state index in [1.807, 2.05) is 18.2 Å². The molecule has 3 rings (SSSR count). The topological polar surface area (TPSA) is 53.1 Å². The molecule has 0 spiro atoms. The van der Waals surface area contributed by atoms with E-state index < -0.39 is 11.4 Å². The number of nitrogens with one attached hydrogen (secondary N) is 1. The van der Waals surface area contributed by atoms with E-state index in [1.54, 1.807) is 6.20 Å². The molecule has 0 aliphatic heterocycles. The summed E-state index contributed by atoms with van der Waals surface area (Å²) in [7, 11) is 0. The zero-order valence-corrected chi connectivity index (χ0v) is 10.6. The second-order valence-electron chi connectivity index (χ2n) is 4.99. The number of rotatable bonds is 2. The van der Waals surface area contributed by atoms with Crippen molar-refractivity contribution < 1.29 is 9.90 Å². The van der Waals surface area contributed by atoms with Crippen molar-refractivity contribution in [2.45, 2.75) is 31.1 Å². The van der Waals surface area contributed by atoms with Crippen molar-refractivity contribution in [3.63, 3.8) is 0 Å². The van der Waals surface area contributed by atoms with Crippen molar-refractivity contribution in [2.75, 3.05) is 0 Å². The van der Waals surface area contributed by atoms with E-state index in [2.05, 4.69) is 4.98 Å². The lowest BCUT2D eigenvalue weighted by atomic mass is 9.79. The Morgan fingerprint density at radius 3 is 2.72 bits per heavy atom. The summed E-state index contributed by atoms with van der Waals surface area (Å²) in [5, 5.41) is 11.2. The highest BCUT2D eigenvalue weighted by Crippen LogP contribution is 2.42. The fourth-order valence-corrected chi connectivity index (χ4v) is 3.21. The number of hydrogen-bond acceptors (Lipinski definition) is 1. The third-order valence-corrected chi connectivity index (χ3v) is 4.36. The molecule has 0 bridgehead atoms. The molecule has 18 heavy (non-hydrogen) atoms. The largest absolute Gasteiger partial charge is 0.481 e. The molecular weight excluding hydrogens is 250 g/mol. The summed E-state index contributed by atoms with van der Waals surface area (Å²) >= 11 is 6.03. The van der Waals surface area contributed by atoms with Gasteiger partial charge in [0.2, 0.25) is 0 Å². The molecule has 1 fully saturated rings. The molecule has 0 unspecified atom stereocenters. The Morgan fingerprint density at radius 1 is 1.33 bits per heavy atom. The molecule has 1 aromatic carbocycles. The Bertz CT molecular complexity index is 611. The van der Waals surface area contributed by atoms with Crippen LogP contribution in [0.25, 0.3) is 10.9 Å². The van der Waals surface area contributed by atoms with Gasteiger partial charge in [0.1, 0.15) is 0 Å². The zero-order chi connectivity index (χ0) is 12.8. The van der Waals surface area contributed by atoms with Crippen LogP contribution in [0.5, 0.6) is 0 Å². The number of carboxylic acids is 1. The number of halogens is 1. The van der Waals surface area contributed by atoms with Crippen LogP contribution < -0.4 is 0 Å². The van der Waals surface area contributed by atoms with Gasteiger partial charge < -0.3 is 10.1 Å². The van der Waals surface area contributed by atoms with E-state index in [-0.39, 0.29) is 0 Å². The van der Waals surface area contributed by atoms with Gasteiger partial charge in [0.25, 0.3) is 0 Å². The molecule has 3 nitrogen and oxygen atoms in total. The molecule has 2 aromatic rings. The number of aliphatic carboxylic acids is 1. The van der Waals surface area contributed by atoms with E-state index >= 15 is 0 Å². The summed E-state index contributed by atoms with van der Waals surface area (Å²) in [5.74, 6) is -0.711. The van der Waals surface area contributed by atoms with Crippen molar-refractivity contribution >= 4 is 28.5 Å². The number of aromatic amines is 1. The van der Waals surface area contributed by atoms with Gasteiger partial charge in [-0.1, -0.05) is 36.6 Å². The summed E-state index contributed by atoms with van der Waals surface area (Å²) in [6.45, 7) is 0. The number of H-pyrrole nitrogens is 1. The van der Waals surface area contributed by atoms with Gasteiger partial charge in [0.15, 0.2) is 0 Å². The summed E-state index contributed by atoms with van der Waals surface area (Å²) < 4.78 is 0. The van der Waals surface area contributed by atoms with Crippen LogP contribution in [-0.2, 0) is 10.2 Å². The van der Waals surface area contributed by atoms with Crippen LogP contribution in [0.15, 0.2) is 24.4 Å². The number of benzene rings is 1. The zero-order valence-electron chi connectivity index (χ0n) is 9.87. The number of carbonyl (C=O) groups is 1. The standard InChI is InChI=1S/C14H14ClNO2/c15-11-8-16-12-7-9(3-4-10(11)12)14(13(17)18)5-1-2-6-14/h3-4,7-8,16H,1-2,5-6H2,(H,17,18). The monoisotopic (exact) mass is 263 g/mol. The summed E-state index contributed by atoms with van der Waals surface area (Å²) in [6.07, 6.45) is 5.15. The van der Waals surface area contributed by atoms with E-state index in [4.69, 9.17) is 11.6 Å². The average molecular weight is 264 g/mol. The summed E-state index contributed by atoms with van der Waals surface area (Å²) in [4.78, 5) is 14.7. The Kier molecular flexibility index (Phi) is 2.59. The van der Waals surface area contributed by atoms with Gasteiger partial charge in [-0.15, -0.1) is 0 Å². The molecule has 1 aliphatic carbocycles. The lowest BCUT2D eigenvalue weighted by molar-refractivity contribution is -0.143. The minimum absolute atomic E-state index is 0.673. The molecule has 0 saturated heterocycles. The first kappa shape index (κ1) is 11.6. The maximum Gasteiger partial charge on any atom is 0.314 e. The van der Waals surface area contributed by atoms with Gasteiger partial charge in [0, 0.05) is 17.1 Å². The quantitative estimate of drug-likeness (QED) is 0.868. The maximum atomic E-state index is 11.6. The van der Waals surface area contributed by atoms with Crippen molar-refractivity contribution in [2.24, 2.45) is 0 Å². The van der Waals surface area contributed by atoms with E-state index in [0.29, 0.717) is 5.02 Å². The predicted octanol–water partition coefficient (Wildman–Crippen LogP) is 3.72. The van der Waals surface area contributed by atoms with Crippen LogP contribution in [0.1, 0.15) is 31.2 Å². The highest BCUT2D eigenvalue weighted by atomic mass is 35.5. The first-order valence-electron chi connectivity index (χ1n) is 6.14. The molecule has 2 N–H and O–H groups in total. The Balaban J connectivity index is 2.15. The highest BCUT2D eigenvalue weighted by molar-refractivity contribution is 6.35. The fourth-order valence-electron chi connectivity index (χ4n) is 2.99. The first-order valence-corrected chi connectivity index (χ1v) is 6.52. The molecule has 1 heterocycles. The van der Waals surface area contributed by atoms with Gasteiger partial charge in [-0.25, -0.2) is 0 Å². The third kappa shape index (κ3) is 1.54. The van der Waals surface area contributed by atoms with Crippen LogP contribution in [0, 0.1) is 0 Å². The van der Waals surface area contributed by atoms with Gasteiger partial charge in [-0.05, 0) is 24.5 Å². The molecule has 1 aliphatic rings. The minimum Gasteiger partial charge on any atom is -0.481 e. The molecular formula is C14H14ClNO2. The number of fused-ring (bicyclic) bond motifs is 1. The molecule has 0 radical (unpaired) electrons. The van der Waals surface area contributed by atoms with E-state index in [1.165, 1.54) is 0 Å². The van der Waals surface area contributed by atoms with Gasteiger partial charge in [0.05, 0.1) is 10.4 Å². The lowest BCUT2D eigenvalue weighted by Gasteiger charge is -2.24. The first-order chi connectivity index (χ1) is 8.63. The molecule has 0 amide bonds. The number of carboxylic acid groups (broad SMARTS) is 1. The predicted molar refractivity (Wildman–Crippen MR) is 71.1 cm³/mol. The smallest absolute Gasteiger partial charge is 0.314 e. The van der Waals surface area contributed by atoms with Gasteiger partial charge in [-0.3, -0.25) is 4.79 Å². The summed E-state index contributed by atoms with van der Waals surface area (Å²) in [5.41, 5.74) is 1.09. The molecule has 0 atom stereocenters. The van der Waals surface area contributed by atoms with Crippen LogP contribution in [0.3, 0.4) is 0 Å². The van der Waals surface area contributed by atoms with Gasteiger partial charge in [-0.2, -0.15) is 0 Å². The van der Waals surface area contributed by atoms with Crippen LogP contribution in [0.4, 0.5) is 0 Å². The Morgan fingerprint density at radius 2 is 2.06 bits per heavy atom. The SMILES string of the molecule is O=C(O)C1(c2ccc3c(Cl)c[nH]c3c2)CCCC1. The summed E-state index contributed by atoms with van der Waals surface area (Å²) in [6, 6.07) is 5.74. The molecule has 94 valence electrons. The molecule has 1 saturated carbocycles. The minimum atomic E-state index is -0.711. The van der Waals surface area contributed by atoms with Crippen molar-refractivity contribution in [1.82, 2.24) is 4.98 Å². The fraction of sp³-hybridized carbons (Fsp3) is 0.357. The van der Waals surface area contributed by atoms with Crippen molar-refractivity contribution in [3.8, 4) is 0 Å². The third-order valence-electron chi connectivity index (χ3n) is 4.05. The van der Waals surface area contributed by atoms with Crippen molar-refractivity contribution in [1.29, 1.82) is 0 Å². The molecule has 4 heteroatoms. The molecule has 1 aromatic heterocycles. The van der Waals surface area contributed by atoms with Crippen LogP contribution in [-0.4, -0.2) is 16.1 Å². The van der Waals surface area contributed by atoms with E-state index in [9.17, 15) is 9.90 Å². The normalized spacial score (nSPS) is 18.3. The number of aromatic nitrogens is 1. The van der Waals surface area contributed by atoms with Crippen LogP contribution >= 0.6 is 11.6 Å².